The molecule has 25 heavy (non-hydrogen) atoms. The summed E-state index contributed by atoms with van der Waals surface area (Å²) in [4.78, 5) is 16.5. The number of amides is 1. The average Bonchev–Trinajstić information content (AvgIpc) is 2.96. The summed E-state index contributed by atoms with van der Waals surface area (Å²) in [6.07, 6.45) is 5.50. The lowest BCUT2D eigenvalue weighted by Gasteiger charge is -2.14. The van der Waals surface area contributed by atoms with Gasteiger partial charge >= 0.3 is 0 Å². The summed E-state index contributed by atoms with van der Waals surface area (Å²) in [6, 6.07) is 7.98. The fraction of sp³-hybridized carbons (Fsp3) is 0.333. The third-order valence-electron chi connectivity index (χ3n) is 4.58. The van der Waals surface area contributed by atoms with E-state index in [-0.39, 0.29) is 11.9 Å². The molecule has 1 amide bonds. The van der Waals surface area contributed by atoms with Crippen LogP contribution in [0.4, 0.5) is 0 Å². The zero-order valence-electron chi connectivity index (χ0n) is 15.2. The molecule has 0 aliphatic heterocycles. The second-order valence-corrected chi connectivity index (χ2v) is 6.87. The van der Waals surface area contributed by atoms with Crippen LogP contribution in [0.2, 0.25) is 0 Å². The van der Waals surface area contributed by atoms with Gasteiger partial charge in [-0.1, -0.05) is 19.9 Å². The lowest BCUT2D eigenvalue weighted by Crippen LogP contribution is -2.28. The number of rotatable bonds is 5. The second-order valence-electron chi connectivity index (χ2n) is 6.87. The molecule has 0 unspecified atom stereocenters. The van der Waals surface area contributed by atoms with Crippen molar-refractivity contribution in [3.8, 4) is 0 Å². The Labute approximate surface area is 148 Å². The van der Waals surface area contributed by atoms with E-state index in [1.54, 1.807) is 18.7 Å². The highest BCUT2D eigenvalue weighted by atomic mass is 16.3. The molecule has 2 aromatic heterocycles. The van der Waals surface area contributed by atoms with Crippen molar-refractivity contribution >= 4 is 16.9 Å². The van der Waals surface area contributed by atoms with Crippen molar-refractivity contribution in [2.45, 2.75) is 46.1 Å². The van der Waals surface area contributed by atoms with Gasteiger partial charge in [0, 0.05) is 23.3 Å². The number of hydrogen-bond acceptors (Lipinski definition) is 3. The van der Waals surface area contributed by atoms with Crippen LogP contribution in [-0.4, -0.2) is 10.9 Å². The van der Waals surface area contributed by atoms with Crippen molar-refractivity contribution in [1.29, 1.82) is 0 Å². The van der Waals surface area contributed by atoms with Gasteiger partial charge in [0.25, 0.3) is 0 Å². The second kappa shape index (κ2) is 7.09. The highest BCUT2D eigenvalue weighted by Gasteiger charge is 2.15. The lowest BCUT2D eigenvalue weighted by molar-refractivity contribution is -0.121. The number of nitrogens with zero attached hydrogens (tertiary/aromatic N) is 1. The predicted octanol–water partition coefficient (Wildman–Crippen LogP) is 4.68. The van der Waals surface area contributed by atoms with Gasteiger partial charge in [-0.25, -0.2) is 0 Å². The quantitative estimate of drug-likeness (QED) is 0.736. The molecule has 130 valence electrons. The first-order chi connectivity index (χ1) is 12.0. The van der Waals surface area contributed by atoms with Crippen LogP contribution >= 0.6 is 0 Å². The Morgan fingerprint density at radius 1 is 1.28 bits per heavy atom. The van der Waals surface area contributed by atoms with E-state index in [9.17, 15) is 4.79 Å². The first-order valence-corrected chi connectivity index (χ1v) is 8.65. The molecular formula is C21H24N2O2. The number of aryl methyl sites for hydroxylation is 1. The summed E-state index contributed by atoms with van der Waals surface area (Å²) >= 11 is 0. The van der Waals surface area contributed by atoms with Crippen LogP contribution in [-0.2, 0) is 11.2 Å². The summed E-state index contributed by atoms with van der Waals surface area (Å²) in [7, 11) is 0. The molecule has 3 aromatic rings. The fourth-order valence-electron chi connectivity index (χ4n) is 3.18. The van der Waals surface area contributed by atoms with Crippen molar-refractivity contribution in [2.75, 3.05) is 0 Å². The molecule has 2 heterocycles. The maximum atomic E-state index is 12.5. The van der Waals surface area contributed by atoms with E-state index in [0.29, 0.717) is 12.3 Å². The SMILES string of the molecule is Cc1cc2occ(CC(=O)N[C@@H](C)c3cccnc3)c2cc1C(C)C. The molecular weight excluding hydrogens is 312 g/mol. The molecule has 1 N–H and O–H groups in total. The van der Waals surface area contributed by atoms with Crippen LogP contribution in [0, 0.1) is 6.92 Å². The van der Waals surface area contributed by atoms with E-state index in [2.05, 4.69) is 43.2 Å². The molecule has 1 atom stereocenters. The van der Waals surface area contributed by atoms with Gasteiger partial charge in [0.1, 0.15) is 5.58 Å². The first-order valence-electron chi connectivity index (χ1n) is 8.65. The van der Waals surface area contributed by atoms with E-state index < -0.39 is 0 Å². The Kier molecular flexibility index (Phi) is 4.88. The Balaban J connectivity index is 1.78. The number of carbonyl (C=O) groups is 1. The number of benzene rings is 1. The molecule has 0 saturated carbocycles. The molecule has 4 heteroatoms. The van der Waals surface area contributed by atoms with Gasteiger partial charge in [0.15, 0.2) is 0 Å². The molecule has 0 aliphatic rings. The van der Waals surface area contributed by atoms with E-state index in [1.165, 1.54) is 11.1 Å². The summed E-state index contributed by atoms with van der Waals surface area (Å²) in [6.45, 7) is 8.41. The largest absolute Gasteiger partial charge is 0.464 e. The molecule has 0 radical (unpaired) electrons. The maximum Gasteiger partial charge on any atom is 0.225 e. The van der Waals surface area contributed by atoms with Crippen molar-refractivity contribution in [2.24, 2.45) is 0 Å². The number of carbonyl (C=O) groups excluding carboxylic acids is 1. The number of aromatic nitrogens is 1. The van der Waals surface area contributed by atoms with E-state index >= 15 is 0 Å². The van der Waals surface area contributed by atoms with Crippen molar-refractivity contribution in [3.63, 3.8) is 0 Å². The lowest BCUT2D eigenvalue weighted by atomic mass is 9.95. The zero-order valence-corrected chi connectivity index (χ0v) is 15.2. The Bertz CT molecular complexity index is 882. The Morgan fingerprint density at radius 3 is 2.76 bits per heavy atom. The molecule has 0 bridgehead atoms. The van der Waals surface area contributed by atoms with Crippen LogP contribution in [0.25, 0.3) is 11.0 Å². The van der Waals surface area contributed by atoms with Gasteiger partial charge in [-0.3, -0.25) is 9.78 Å². The van der Waals surface area contributed by atoms with Crippen molar-refractivity contribution in [1.82, 2.24) is 10.3 Å². The third kappa shape index (κ3) is 3.73. The minimum absolute atomic E-state index is 0.0225. The molecule has 3 rings (SSSR count). The molecule has 4 nitrogen and oxygen atoms in total. The van der Waals surface area contributed by atoms with Gasteiger partial charge in [-0.15, -0.1) is 0 Å². The number of pyridine rings is 1. The van der Waals surface area contributed by atoms with Crippen LogP contribution < -0.4 is 5.32 Å². The molecule has 0 fully saturated rings. The van der Waals surface area contributed by atoms with Gasteiger partial charge in [0.2, 0.25) is 5.91 Å². The smallest absolute Gasteiger partial charge is 0.225 e. The first kappa shape index (κ1) is 17.2. The highest BCUT2D eigenvalue weighted by Crippen LogP contribution is 2.29. The van der Waals surface area contributed by atoms with Gasteiger partial charge in [-0.2, -0.15) is 0 Å². The summed E-state index contributed by atoms with van der Waals surface area (Å²) in [5.74, 6) is 0.414. The van der Waals surface area contributed by atoms with Crippen molar-refractivity contribution < 1.29 is 9.21 Å². The van der Waals surface area contributed by atoms with Crippen molar-refractivity contribution in [3.05, 3.63) is 65.2 Å². The minimum Gasteiger partial charge on any atom is -0.464 e. The van der Waals surface area contributed by atoms with E-state index in [4.69, 9.17) is 4.42 Å². The van der Waals surface area contributed by atoms with Gasteiger partial charge in [0.05, 0.1) is 18.7 Å². The van der Waals surface area contributed by atoms with Crippen LogP contribution in [0.15, 0.2) is 47.3 Å². The summed E-state index contributed by atoms with van der Waals surface area (Å²) in [5.41, 5.74) is 5.26. The topological polar surface area (TPSA) is 55.1 Å². The number of nitrogens with one attached hydrogen (secondary N) is 1. The number of fused-ring (bicyclic) bond motifs is 1. The van der Waals surface area contributed by atoms with Gasteiger partial charge in [-0.05, 0) is 54.7 Å². The third-order valence-corrected chi connectivity index (χ3v) is 4.58. The molecule has 0 spiro atoms. The predicted molar refractivity (Wildman–Crippen MR) is 99.5 cm³/mol. The highest BCUT2D eigenvalue weighted by molar-refractivity contribution is 5.88. The minimum atomic E-state index is -0.0761. The van der Waals surface area contributed by atoms with Crippen LogP contribution in [0.5, 0.6) is 0 Å². The van der Waals surface area contributed by atoms with E-state index in [0.717, 1.165) is 22.1 Å². The summed E-state index contributed by atoms with van der Waals surface area (Å²) < 4.78 is 5.67. The van der Waals surface area contributed by atoms with E-state index in [1.807, 2.05) is 19.1 Å². The molecule has 1 aromatic carbocycles. The molecule has 0 saturated heterocycles. The standard InChI is InChI=1S/C21H24N2O2/c1-13(2)18-10-19-17(12-25-20(19)8-14(18)3)9-21(24)23-15(4)16-6-5-7-22-11-16/h5-8,10-13,15H,9H2,1-4H3,(H,23,24)/t15-/m0/s1. The Morgan fingerprint density at radius 2 is 2.08 bits per heavy atom. The summed E-state index contributed by atoms with van der Waals surface area (Å²) in [5, 5.41) is 4.05. The normalized spacial score (nSPS) is 12.5. The Hall–Kier alpha value is -2.62. The van der Waals surface area contributed by atoms with Crippen LogP contribution in [0.3, 0.4) is 0 Å². The number of hydrogen-bond donors (Lipinski definition) is 1. The number of furan rings is 1. The molecule has 0 aliphatic carbocycles. The van der Waals surface area contributed by atoms with Crippen LogP contribution in [0.1, 0.15) is 55.0 Å². The van der Waals surface area contributed by atoms with Gasteiger partial charge < -0.3 is 9.73 Å². The zero-order chi connectivity index (χ0) is 18.0. The average molecular weight is 336 g/mol. The monoisotopic (exact) mass is 336 g/mol. The maximum absolute atomic E-state index is 12.5. The fourth-order valence-corrected chi connectivity index (χ4v) is 3.18.